The number of hydrogen-bond donors (Lipinski definition) is 2. The first-order chi connectivity index (χ1) is 6.70. The zero-order valence-corrected chi connectivity index (χ0v) is 7.76. The van der Waals surface area contributed by atoms with Gasteiger partial charge >= 0.3 is 5.69 Å². The maximum atomic E-state index is 11.3. The molecule has 2 rings (SSSR count). The molecule has 0 bridgehead atoms. The predicted molar refractivity (Wildman–Crippen MR) is 52.5 cm³/mol. The zero-order valence-electron chi connectivity index (χ0n) is 7.00. The van der Waals surface area contributed by atoms with Gasteiger partial charge in [0.15, 0.2) is 5.52 Å². The molecule has 0 aliphatic heterocycles. The van der Waals surface area contributed by atoms with E-state index in [2.05, 4.69) is 15.0 Å². The highest BCUT2D eigenvalue weighted by Gasteiger charge is 2.02. The van der Waals surface area contributed by atoms with Crippen LogP contribution in [0.4, 0.5) is 0 Å². The van der Waals surface area contributed by atoms with Crippen molar-refractivity contribution in [1.29, 1.82) is 0 Å². The molecule has 0 amide bonds. The summed E-state index contributed by atoms with van der Waals surface area (Å²) in [5.74, 6) is 0.231. The second kappa shape index (κ2) is 3.26. The minimum Gasteiger partial charge on any atom is -0.305 e. The van der Waals surface area contributed by atoms with Crippen LogP contribution in [0.2, 0.25) is 0 Å². The van der Waals surface area contributed by atoms with Crippen molar-refractivity contribution in [2.45, 2.75) is 5.88 Å². The largest absolute Gasteiger partial charge is 0.326 e. The van der Waals surface area contributed by atoms with Crippen LogP contribution in [0.1, 0.15) is 5.69 Å². The van der Waals surface area contributed by atoms with E-state index in [4.69, 9.17) is 11.6 Å². The molecule has 0 aromatic carbocycles. The van der Waals surface area contributed by atoms with Gasteiger partial charge in [0.25, 0.3) is 5.56 Å². The molecular formula is C8H6ClN3O2. The van der Waals surface area contributed by atoms with Crippen LogP contribution in [-0.2, 0) is 5.88 Å². The Kier molecular flexibility index (Phi) is 2.09. The van der Waals surface area contributed by atoms with Gasteiger partial charge in [-0.05, 0) is 12.1 Å². The summed E-state index contributed by atoms with van der Waals surface area (Å²) in [5, 5.41) is 0. The molecule has 72 valence electrons. The summed E-state index contributed by atoms with van der Waals surface area (Å²) < 4.78 is 0. The fourth-order valence-corrected chi connectivity index (χ4v) is 1.31. The van der Waals surface area contributed by atoms with Crippen LogP contribution in [0, 0.1) is 0 Å². The molecule has 0 fully saturated rings. The van der Waals surface area contributed by atoms with Crippen LogP contribution in [0.3, 0.4) is 0 Å². The highest BCUT2D eigenvalue weighted by molar-refractivity contribution is 6.16. The molecule has 2 aromatic rings. The Balaban J connectivity index is 2.89. The number of aromatic amines is 2. The van der Waals surface area contributed by atoms with Gasteiger partial charge in [0, 0.05) is 0 Å². The molecule has 0 radical (unpaired) electrons. The van der Waals surface area contributed by atoms with Crippen molar-refractivity contribution in [3.05, 3.63) is 38.7 Å². The van der Waals surface area contributed by atoms with Crippen LogP contribution in [0.5, 0.6) is 0 Å². The number of halogens is 1. The predicted octanol–water partition coefficient (Wildman–Crippen LogP) is 0.350. The Morgan fingerprint density at radius 3 is 2.79 bits per heavy atom. The van der Waals surface area contributed by atoms with Crippen LogP contribution >= 0.6 is 11.6 Å². The van der Waals surface area contributed by atoms with Crippen LogP contribution in [-0.4, -0.2) is 15.0 Å². The Morgan fingerprint density at radius 2 is 2.07 bits per heavy atom. The quantitative estimate of drug-likeness (QED) is 0.668. The van der Waals surface area contributed by atoms with Gasteiger partial charge in [-0.3, -0.25) is 9.78 Å². The first-order valence-corrected chi connectivity index (χ1v) is 4.42. The Bertz CT molecular complexity index is 587. The van der Waals surface area contributed by atoms with Gasteiger partial charge in [-0.2, -0.15) is 0 Å². The first-order valence-electron chi connectivity index (χ1n) is 3.89. The minimum absolute atomic E-state index is 0.197. The SMILES string of the molecule is O=c1[nH]c(=O)c2nc(CCl)ccc2[nH]1. The molecule has 0 saturated heterocycles. The standard InChI is InChI=1S/C8H6ClN3O2/c9-3-4-1-2-5-6(10-4)7(13)12-8(14)11-5/h1-2H,3H2,(H2,11,12,13,14). The number of aromatic nitrogens is 3. The number of H-pyrrole nitrogens is 2. The van der Waals surface area contributed by atoms with E-state index >= 15 is 0 Å². The normalized spacial score (nSPS) is 10.6. The number of pyridine rings is 1. The summed E-state index contributed by atoms with van der Waals surface area (Å²) >= 11 is 5.56. The molecular weight excluding hydrogens is 206 g/mol. The Hall–Kier alpha value is -1.62. The maximum Gasteiger partial charge on any atom is 0.326 e. The number of fused-ring (bicyclic) bond motifs is 1. The third-order valence-corrected chi connectivity index (χ3v) is 2.05. The minimum atomic E-state index is -0.539. The molecule has 2 aromatic heterocycles. The molecule has 5 nitrogen and oxygen atoms in total. The average Bonchev–Trinajstić information content (AvgIpc) is 2.17. The fraction of sp³-hybridized carbons (Fsp3) is 0.125. The van der Waals surface area contributed by atoms with Gasteiger partial charge in [0.05, 0.1) is 17.1 Å². The topological polar surface area (TPSA) is 78.6 Å². The van der Waals surface area contributed by atoms with Crippen molar-refractivity contribution in [3.8, 4) is 0 Å². The zero-order chi connectivity index (χ0) is 10.1. The number of alkyl halides is 1. The number of nitrogens with one attached hydrogen (secondary N) is 2. The van der Waals surface area contributed by atoms with Crippen LogP contribution < -0.4 is 11.2 Å². The third-order valence-electron chi connectivity index (χ3n) is 1.78. The maximum absolute atomic E-state index is 11.3. The molecule has 2 heterocycles. The fourth-order valence-electron chi connectivity index (χ4n) is 1.16. The Labute approximate surface area is 82.8 Å². The third kappa shape index (κ3) is 1.42. The van der Waals surface area contributed by atoms with Crippen molar-refractivity contribution in [2.75, 3.05) is 0 Å². The number of hydrogen-bond acceptors (Lipinski definition) is 3. The van der Waals surface area contributed by atoms with Crippen LogP contribution in [0.15, 0.2) is 21.7 Å². The summed E-state index contributed by atoms with van der Waals surface area (Å²) in [6, 6.07) is 3.27. The van der Waals surface area contributed by atoms with E-state index in [-0.39, 0.29) is 11.4 Å². The van der Waals surface area contributed by atoms with Gasteiger partial charge in [0.2, 0.25) is 0 Å². The highest BCUT2D eigenvalue weighted by Crippen LogP contribution is 2.05. The molecule has 0 saturated carbocycles. The second-order valence-corrected chi connectivity index (χ2v) is 3.01. The monoisotopic (exact) mass is 211 g/mol. The van der Waals surface area contributed by atoms with Gasteiger partial charge in [-0.1, -0.05) is 0 Å². The van der Waals surface area contributed by atoms with Gasteiger partial charge < -0.3 is 4.98 Å². The first kappa shape index (κ1) is 8.96. The van der Waals surface area contributed by atoms with E-state index in [1.54, 1.807) is 12.1 Å². The van der Waals surface area contributed by atoms with Crippen molar-refractivity contribution in [3.63, 3.8) is 0 Å². The van der Waals surface area contributed by atoms with Crippen molar-refractivity contribution in [2.24, 2.45) is 0 Å². The molecule has 0 aliphatic rings. The van der Waals surface area contributed by atoms with Crippen molar-refractivity contribution < 1.29 is 0 Å². The highest BCUT2D eigenvalue weighted by atomic mass is 35.5. The lowest BCUT2D eigenvalue weighted by Crippen LogP contribution is -2.22. The smallest absolute Gasteiger partial charge is 0.305 e. The van der Waals surface area contributed by atoms with E-state index in [0.717, 1.165) is 0 Å². The van der Waals surface area contributed by atoms with Crippen molar-refractivity contribution in [1.82, 2.24) is 15.0 Å². The summed E-state index contributed by atoms with van der Waals surface area (Å²) in [6.45, 7) is 0. The lowest BCUT2D eigenvalue weighted by atomic mass is 10.3. The molecule has 0 atom stereocenters. The molecule has 14 heavy (non-hydrogen) atoms. The lowest BCUT2D eigenvalue weighted by Gasteiger charge is -1.97. The lowest BCUT2D eigenvalue weighted by molar-refractivity contribution is 1.06. The Morgan fingerprint density at radius 1 is 1.29 bits per heavy atom. The van der Waals surface area contributed by atoms with Gasteiger partial charge in [-0.15, -0.1) is 11.6 Å². The molecule has 2 N–H and O–H groups in total. The summed E-state index contributed by atoms with van der Waals surface area (Å²) in [7, 11) is 0. The van der Waals surface area contributed by atoms with Gasteiger partial charge in [0.1, 0.15) is 0 Å². The summed E-state index contributed by atoms with van der Waals surface area (Å²) in [6.07, 6.45) is 0. The van der Waals surface area contributed by atoms with Crippen LogP contribution in [0.25, 0.3) is 11.0 Å². The summed E-state index contributed by atoms with van der Waals surface area (Å²) in [4.78, 5) is 30.7. The van der Waals surface area contributed by atoms with E-state index in [1.807, 2.05) is 0 Å². The number of rotatable bonds is 1. The molecule has 6 heteroatoms. The second-order valence-electron chi connectivity index (χ2n) is 2.74. The molecule has 0 unspecified atom stereocenters. The molecule has 0 spiro atoms. The van der Waals surface area contributed by atoms with E-state index in [0.29, 0.717) is 11.2 Å². The van der Waals surface area contributed by atoms with Gasteiger partial charge in [-0.25, -0.2) is 9.78 Å². The van der Waals surface area contributed by atoms with Crippen molar-refractivity contribution >= 4 is 22.6 Å². The molecule has 0 aliphatic carbocycles. The van der Waals surface area contributed by atoms with E-state index in [9.17, 15) is 9.59 Å². The van der Waals surface area contributed by atoms with E-state index in [1.165, 1.54) is 0 Å². The summed E-state index contributed by atoms with van der Waals surface area (Å²) in [5.41, 5.74) is 0.158. The van der Waals surface area contributed by atoms with E-state index < -0.39 is 11.2 Å². The average molecular weight is 212 g/mol. The number of nitrogens with zero attached hydrogens (tertiary/aromatic N) is 1.